The van der Waals surface area contributed by atoms with Crippen LogP contribution in [-0.2, 0) is 26.2 Å². The lowest BCUT2D eigenvalue weighted by atomic mass is 9.87. The lowest BCUT2D eigenvalue weighted by Gasteiger charge is -2.40. The van der Waals surface area contributed by atoms with Crippen molar-refractivity contribution in [1.82, 2.24) is 29.6 Å². The minimum atomic E-state index is -4.68. The van der Waals surface area contributed by atoms with E-state index < -0.39 is 17.8 Å². The number of imidazole rings is 1. The fourth-order valence-corrected chi connectivity index (χ4v) is 5.70. The molecule has 1 N–H and O–H groups in total. The summed E-state index contributed by atoms with van der Waals surface area (Å²) in [6, 6.07) is 7.80. The van der Waals surface area contributed by atoms with Crippen LogP contribution in [0.15, 0.2) is 42.9 Å². The summed E-state index contributed by atoms with van der Waals surface area (Å²) < 4.78 is 51.1. The molecule has 0 bridgehead atoms. The predicted molar refractivity (Wildman–Crippen MR) is 151 cm³/mol. The standard InChI is InChI=1S/C30H32F3N7O2/c1-17-7-21(36-26(8-17)40-13-22(14-40)34-3)11-20-16-42-28-23(25-15-38(4)37-29(25)30(31,32)33)9-19(10-24(28)27(20)41)12-39-6-5-35-18(39)2/h5-10,15,20,22,34H,11-14,16H2,1-4H3/t20-/m0/s1. The summed E-state index contributed by atoms with van der Waals surface area (Å²) in [5.74, 6) is 1.06. The van der Waals surface area contributed by atoms with Crippen LogP contribution in [0.25, 0.3) is 11.1 Å². The molecule has 1 aromatic carbocycles. The molecule has 5 heterocycles. The first-order chi connectivity index (χ1) is 20.0. The fraction of sp³-hybridized carbons (Fsp3) is 0.400. The Labute approximate surface area is 241 Å². The van der Waals surface area contributed by atoms with Crippen LogP contribution in [0.1, 0.15) is 38.7 Å². The van der Waals surface area contributed by atoms with Gasteiger partial charge < -0.3 is 19.5 Å². The van der Waals surface area contributed by atoms with E-state index in [1.807, 2.05) is 37.6 Å². The molecule has 220 valence electrons. The van der Waals surface area contributed by atoms with Gasteiger partial charge >= 0.3 is 6.18 Å². The van der Waals surface area contributed by atoms with Crippen LogP contribution >= 0.6 is 0 Å². The highest BCUT2D eigenvalue weighted by Crippen LogP contribution is 2.44. The third-order valence-corrected chi connectivity index (χ3v) is 7.96. The number of aryl methyl sites for hydroxylation is 3. The van der Waals surface area contributed by atoms with Gasteiger partial charge in [0.15, 0.2) is 11.5 Å². The molecule has 2 aliphatic heterocycles. The fourth-order valence-electron chi connectivity index (χ4n) is 5.70. The average Bonchev–Trinajstić information content (AvgIpc) is 3.49. The lowest BCUT2D eigenvalue weighted by molar-refractivity contribution is -0.140. The number of likely N-dealkylation sites (N-methyl/N-ethyl adjacent to an activating group) is 1. The molecule has 1 saturated heterocycles. The number of ketones is 1. The highest BCUT2D eigenvalue weighted by atomic mass is 19.4. The van der Waals surface area contributed by atoms with Crippen molar-refractivity contribution in [3.63, 3.8) is 0 Å². The van der Waals surface area contributed by atoms with E-state index in [0.29, 0.717) is 24.6 Å². The maximum absolute atomic E-state index is 14.0. The van der Waals surface area contributed by atoms with Gasteiger partial charge in [0.25, 0.3) is 0 Å². The molecule has 0 radical (unpaired) electrons. The van der Waals surface area contributed by atoms with E-state index in [1.165, 1.54) is 13.2 Å². The van der Waals surface area contributed by atoms with Gasteiger partial charge in [0, 0.05) is 74.6 Å². The van der Waals surface area contributed by atoms with Crippen molar-refractivity contribution >= 4 is 11.6 Å². The highest BCUT2D eigenvalue weighted by Gasteiger charge is 2.40. The van der Waals surface area contributed by atoms with Crippen molar-refractivity contribution in [2.45, 2.75) is 39.0 Å². The normalized spacial score (nSPS) is 17.3. The number of nitrogens with zero attached hydrogens (tertiary/aromatic N) is 6. The Bertz CT molecular complexity index is 1650. The van der Waals surface area contributed by atoms with Crippen LogP contribution in [0, 0.1) is 19.8 Å². The van der Waals surface area contributed by atoms with Gasteiger partial charge in [-0.25, -0.2) is 9.97 Å². The van der Waals surface area contributed by atoms with Gasteiger partial charge in [-0.2, -0.15) is 18.3 Å². The van der Waals surface area contributed by atoms with Crippen LogP contribution in [0.5, 0.6) is 5.75 Å². The van der Waals surface area contributed by atoms with Gasteiger partial charge in [-0.1, -0.05) is 0 Å². The van der Waals surface area contributed by atoms with Crippen molar-refractivity contribution in [3.05, 3.63) is 76.8 Å². The molecule has 0 spiro atoms. The molecule has 6 rings (SSSR count). The van der Waals surface area contributed by atoms with Crippen LogP contribution in [0.3, 0.4) is 0 Å². The van der Waals surface area contributed by atoms with Gasteiger partial charge in [-0.15, -0.1) is 0 Å². The summed E-state index contributed by atoms with van der Waals surface area (Å²) in [5, 5.41) is 6.95. The third kappa shape index (κ3) is 5.26. The minimum absolute atomic E-state index is 0.0386. The molecule has 0 saturated carbocycles. The number of anilines is 1. The van der Waals surface area contributed by atoms with Crippen LogP contribution in [-0.4, -0.2) is 62.9 Å². The molecule has 12 heteroatoms. The summed E-state index contributed by atoms with van der Waals surface area (Å²) in [5.41, 5.74) is 1.79. The molecular weight excluding hydrogens is 547 g/mol. The average molecular weight is 580 g/mol. The Morgan fingerprint density at radius 2 is 1.86 bits per heavy atom. The number of nitrogens with one attached hydrogen (secondary N) is 1. The van der Waals surface area contributed by atoms with Crippen LogP contribution in [0.4, 0.5) is 19.0 Å². The number of rotatable bonds is 7. The third-order valence-electron chi connectivity index (χ3n) is 7.96. The van der Waals surface area contributed by atoms with Gasteiger partial charge in [0.05, 0.1) is 18.1 Å². The number of benzene rings is 1. The number of hydrogen-bond donors (Lipinski definition) is 1. The number of carbonyl (C=O) groups is 1. The molecule has 0 amide bonds. The quantitative estimate of drug-likeness (QED) is 0.351. The molecule has 0 aliphatic carbocycles. The SMILES string of the molecule is CNC1CN(c2cc(C)cc(C[C@H]3COc4c(cc(Cn5ccnc5C)cc4-c4cn(C)nc4C(F)(F)F)C3=O)n2)C1. The molecule has 4 aromatic rings. The summed E-state index contributed by atoms with van der Waals surface area (Å²) >= 11 is 0. The molecule has 2 aliphatic rings. The van der Waals surface area contributed by atoms with E-state index in [4.69, 9.17) is 9.72 Å². The van der Waals surface area contributed by atoms with E-state index in [0.717, 1.165) is 40.7 Å². The monoisotopic (exact) mass is 579 g/mol. The molecule has 0 unspecified atom stereocenters. The van der Waals surface area contributed by atoms with E-state index in [9.17, 15) is 18.0 Å². The summed E-state index contributed by atoms with van der Waals surface area (Å²) in [7, 11) is 3.38. The van der Waals surface area contributed by atoms with Gasteiger partial charge in [-0.3, -0.25) is 9.48 Å². The second-order valence-corrected chi connectivity index (χ2v) is 11.1. The first-order valence-electron chi connectivity index (χ1n) is 13.8. The number of alkyl halides is 3. The maximum atomic E-state index is 14.0. The number of aromatic nitrogens is 5. The number of fused-ring (bicyclic) bond motifs is 1. The summed E-state index contributed by atoms with van der Waals surface area (Å²) in [6.45, 7) is 5.94. The Morgan fingerprint density at radius 3 is 2.55 bits per heavy atom. The smallest absolute Gasteiger partial charge is 0.435 e. The molecule has 42 heavy (non-hydrogen) atoms. The molecular formula is C30H32F3N7O2. The van der Waals surface area contributed by atoms with Gasteiger partial charge in [-0.05, 0) is 56.3 Å². The van der Waals surface area contributed by atoms with E-state index in [1.54, 1.807) is 24.5 Å². The van der Waals surface area contributed by atoms with Gasteiger partial charge in [0.1, 0.15) is 17.4 Å². The maximum Gasteiger partial charge on any atom is 0.435 e. The Kier molecular flexibility index (Phi) is 7.04. The van der Waals surface area contributed by atoms with E-state index >= 15 is 0 Å². The van der Waals surface area contributed by atoms with Crippen molar-refractivity contribution in [3.8, 4) is 16.9 Å². The minimum Gasteiger partial charge on any atom is -0.491 e. The second kappa shape index (κ2) is 10.6. The van der Waals surface area contributed by atoms with E-state index in [-0.39, 0.29) is 34.8 Å². The molecule has 9 nitrogen and oxygen atoms in total. The predicted octanol–water partition coefficient (Wildman–Crippen LogP) is 4.20. The first kappa shape index (κ1) is 28.0. The number of halogens is 3. The number of ether oxygens (including phenoxy) is 1. The molecule has 1 atom stereocenters. The van der Waals surface area contributed by atoms with Crippen molar-refractivity contribution in [1.29, 1.82) is 0 Å². The lowest BCUT2D eigenvalue weighted by Crippen LogP contribution is -2.57. The van der Waals surface area contributed by atoms with Crippen molar-refractivity contribution in [2.75, 3.05) is 31.6 Å². The molecule has 3 aromatic heterocycles. The highest BCUT2D eigenvalue weighted by molar-refractivity contribution is 6.04. The Balaban J connectivity index is 1.37. The molecule has 1 fully saturated rings. The van der Waals surface area contributed by atoms with E-state index in [2.05, 4.69) is 20.3 Å². The number of carbonyl (C=O) groups excluding carboxylic acids is 1. The van der Waals surface area contributed by atoms with Crippen molar-refractivity contribution < 1.29 is 22.7 Å². The van der Waals surface area contributed by atoms with Gasteiger partial charge in [0.2, 0.25) is 0 Å². The van der Waals surface area contributed by atoms with Crippen molar-refractivity contribution in [2.24, 2.45) is 13.0 Å². The summed E-state index contributed by atoms with van der Waals surface area (Å²) in [4.78, 5) is 25.2. The largest absolute Gasteiger partial charge is 0.491 e. The first-order valence-corrected chi connectivity index (χ1v) is 13.8. The Hall–Kier alpha value is -4.19. The zero-order valence-corrected chi connectivity index (χ0v) is 23.9. The van der Waals surface area contributed by atoms with Crippen LogP contribution in [0.2, 0.25) is 0 Å². The zero-order valence-electron chi connectivity index (χ0n) is 23.9. The zero-order chi connectivity index (χ0) is 29.8. The number of Topliss-reactive ketones (excluding diaryl/α,β-unsaturated/α-hetero) is 1. The number of hydrogen-bond acceptors (Lipinski definition) is 7. The topological polar surface area (TPSA) is 90.1 Å². The summed E-state index contributed by atoms with van der Waals surface area (Å²) in [6.07, 6.45) is 0.441. The van der Waals surface area contributed by atoms with Crippen LogP contribution < -0.4 is 15.0 Å². The number of pyridine rings is 1. The Morgan fingerprint density at radius 1 is 1.10 bits per heavy atom. The second-order valence-electron chi connectivity index (χ2n) is 11.1.